The Hall–Kier alpha value is -3.28. The lowest BCUT2D eigenvalue weighted by atomic mass is 9.92. The van der Waals surface area contributed by atoms with Crippen LogP contribution in [0.3, 0.4) is 0 Å². The summed E-state index contributed by atoms with van der Waals surface area (Å²) in [6.07, 6.45) is 0. The van der Waals surface area contributed by atoms with Gasteiger partial charge < -0.3 is 25.0 Å². The maximum atomic E-state index is 11.4. The van der Waals surface area contributed by atoms with Crippen LogP contribution < -0.4 is 9.64 Å². The van der Waals surface area contributed by atoms with Crippen LogP contribution in [0, 0.1) is 11.3 Å². The highest BCUT2D eigenvalue weighted by atomic mass is 35.5. The SMILES string of the molecule is C[C@H]1CN(C[C@@](C)(O)c2ccc(C#N)cc2)C[C@@H](c2ccc(Cl)cc2)N1c1ccc(OCCO)cc1O. The van der Waals surface area contributed by atoms with Gasteiger partial charge >= 0.3 is 0 Å². The maximum absolute atomic E-state index is 11.4. The van der Waals surface area contributed by atoms with Gasteiger partial charge in [0.25, 0.3) is 0 Å². The molecule has 194 valence electrons. The van der Waals surface area contributed by atoms with E-state index in [4.69, 9.17) is 26.7 Å². The van der Waals surface area contributed by atoms with Gasteiger partial charge in [-0.3, -0.25) is 4.90 Å². The Morgan fingerprint density at radius 3 is 2.41 bits per heavy atom. The minimum atomic E-state index is -1.12. The summed E-state index contributed by atoms with van der Waals surface area (Å²) < 4.78 is 5.46. The number of benzene rings is 3. The molecular weight excluding hydrogens is 490 g/mol. The van der Waals surface area contributed by atoms with Crippen molar-refractivity contribution < 1.29 is 20.1 Å². The number of hydrogen-bond acceptors (Lipinski definition) is 7. The quantitative estimate of drug-likeness (QED) is 0.402. The van der Waals surface area contributed by atoms with E-state index in [1.165, 1.54) is 0 Å². The standard InChI is InChI=1S/C29H32ClN3O4/c1-20-17-32(19-29(2,36)23-7-3-21(16-31)4-8-23)18-27(22-5-9-24(30)10-6-22)33(20)26-12-11-25(15-28(26)35)37-14-13-34/h3-12,15,20,27,34-36H,13-14,17-19H2,1-2H3/t20-,27-,29+/m0/s1. The van der Waals surface area contributed by atoms with Crippen molar-refractivity contribution in [1.82, 2.24) is 4.90 Å². The van der Waals surface area contributed by atoms with Crippen LogP contribution in [0.15, 0.2) is 66.7 Å². The number of anilines is 1. The van der Waals surface area contributed by atoms with Gasteiger partial charge in [-0.25, -0.2) is 0 Å². The summed E-state index contributed by atoms with van der Waals surface area (Å²) in [7, 11) is 0. The molecule has 8 heteroatoms. The molecule has 1 aliphatic heterocycles. The number of hydrogen-bond donors (Lipinski definition) is 3. The third-order valence-electron chi connectivity index (χ3n) is 6.77. The van der Waals surface area contributed by atoms with Crippen LogP contribution in [-0.2, 0) is 5.60 Å². The van der Waals surface area contributed by atoms with Crippen LogP contribution in [-0.4, -0.2) is 59.1 Å². The van der Waals surface area contributed by atoms with Crippen LogP contribution in [0.5, 0.6) is 11.5 Å². The highest BCUT2D eigenvalue weighted by molar-refractivity contribution is 6.30. The Bertz CT molecular complexity index is 1240. The Morgan fingerprint density at radius 2 is 1.78 bits per heavy atom. The molecule has 3 atom stereocenters. The predicted molar refractivity (Wildman–Crippen MR) is 144 cm³/mol. The molecule has 1 heterocycles. The molecule has 37 heavy (non-hydrogen) atoms. The monoisotopic (exact) mass is 521 g/mol. The second-order valence-electron chi connectivity index (χ2n) is 9.70. The zero-order valence-electron chi connectivity index (χ0n) is 21.0. The van der Waals surface area contributed by atoms with Crippen molar-refractivity contribution in [2.24, 2.45) is 0 Å². The van der Waals surface area contributed by atoms with E-state index >= 15 is 0 Å². The number of aromatic hydroxyl groups is 1. The zero-order valence-corrected chi connectivity index (χ0v) is 21.8. The van der Waals surface area contributed by atoms with Crippen molar-refractivity contribution >= 4 is 17.3 Å². The van der Waals surface area contributed by atoms with Gasteiger partial charge in [0, 0.05) is 36.8 Å². The van der Waals surface area contributed by atoms with Crippen LogP contribution in [0.4, 0.5) is 5.69 Å². The van der Waals surface area contributed by atoms with E-state index in [-0.39, 0.29) is 31.0 Å². The molecule has 0 unspecified atom stereocenters. The molecular formula is C29H32ClN3O4. The van der Waals surface area contributed by atoms with Crippen molar-refractivity contribution in [2.45, 2.75) is 31.5 Å². The Balaban J connectivity index is 1.63. The van der Waals surface area contributed by atoms with E-state index in [0.717, 1.165) is 11.1 Å². The van der Waals surface area contributed by atoms with Crippen LogP contribution in [0.2, 0.25) is 5.02 Å². The lowest BCUT2D eigenvalue weighted by molar-refractivity contribution is 0.00631. The number of aliphatic hydroxyl groups excluding tert-OH is 1. The summed E-state index contributed by atoms with van der Waals surface area (Å²) >= 11 is 6.17. The first-order chi connectivity index (χ1) is 17.7. The van der Waals surface area contributed by atoms with E-state index in [9.17, 15) is 10.2 Å². The summed E-state index contributed by atoms with van der Waals surface area (Å²) in [6, 6.07) is 21.9. The Morgan fingerprint density at radius 1 is 1.08 bits per heavy atom. The molecule has 0 radical (unpaired) electrons. The van der Waals surface area contributed by atoms with Gasteiger partial charge in [-0.2, -0.15) is 5.26 Å². The first-order valence-electron chi connectivity index (χ1n) is 12.3. The van der Waals surface area contributed by atoms with Crippen LogP contribution in [0.25, 0.3) is 0 Å². The number of nitrogens with zero attached hydrogens (tertiary/aromatic N) is 3. The average Bonchev–Trinajstić information content (AvgIpc) is 2.88. The number of aliphatic hydroxyl groups is 2. The van der Waals surface area contributed by atoms with Crippen LogP contribution >= 0.6 is 11.6 Å². The summed E-state index contributed by atoms with van der Waals surface area (Å²) in [5.74, 6) is 0.586. The zero-order chi connectivity index (χ0) is 26.6. The van der Waals surface area contributed by atoms with Crippen molar-refractivity contribution in [3.8, 4) is 17.6 Å². The van der Waals surface area contributed by atoms with Gasteiger partial charge in [0.2, 0.25) is 0 Å². The Kier molecular flexibility index (Phi) is 8.25. The van der Waals surface area contributed by atoms with E-state index in [2.05, 4.69) is 22.8 Å². The molecule has 7 nitrogen and oxygen atoms in total. The lowest BCUT2D eigenvalue weighted by Crippen LogP contribution is -2.56. The third kappa shape index (κ3) is 6.17. The number of halogens is 1. The van der Waals surface area contributed by atoms with E-state index in [1.54, 1.807) is 43.3 Å². The fourth-order valence-electron chi connectivity index (χ4n) is 5.07. The lowest BCUT2D eigenvalue weighted by Gasteiger charge is -2.48. The summed E-state index contributed by atoms with van der Waals surface area (Å²) in [5.41, 5.74) is 1.91. The first-order valence-corrected chi connectivity index (χ1v) is 12.7. The predicted octanol–water partition coefficient (Wildman–Crippen LogP) is 4.45. The first kappa shape index (κ1) is 26.8. The third-order valence-corrected chi connectivity index (χ3v) is 7.02. The van der Waals surface area contributed by atoms with E-state index < -0.39 is 5.60 Å². The average molecular weight is 522 g/mol. The normalized spacial score (nSPS) is 19.7. The number of phenolic OH excluding ortho intramolecular Hbond substituents is 1. The molecule has 1 saturated heterocycles. The molecule has 1 aliphatic rings. The molecule has 3 aromatic carbocycles. The molecule has 0 aliphatic carbocycles. The maximum Gasteiger partial charge on any atom is 0.142 e. The molecule has 0 amide bonds. The molecule has 1 fully saturated rings. The van der Waals surface area contributed by atoms with Gasteiger partial charge in [0.1, 0.15) is 18.1 Å². The minimum Gasteiger partial charge on any atom is -0.506 e. The second-order valence-corrected chi connectivity index (χ2v) is 10.1. The smallest absolute Gasteiger partial charge is 0.142 e. The van der Waals surface area contributed by atoms with Crippen molar-refractivity contribution in [2.75, 3.05) is 37.7 Å². The summed E-state index contributed by atoms with van der Waals surface area (Å²) in [4.78, 5) is 4.43. The number of ether oxygens (including phenoxy) is 1. The van der Waals surface area contributed by atoms with Crippen molar-refractivity contribution in [1.29, 1.82) is 5.26 Å². The van der Waals surface area contributed by atoms with Gasteiger partial charge in [-0.05, 0) is 61.4 Å². The molecule has 3 aromatic rings. The molecule has 0 saturated carbocycles. The minimum absolute atomic E-state index is 0.00121. The van der Waals surface area contributed by atoms with E-state index in [1.807, 2.05) is 30.3 Å². The largest absolute Gasteiger partial charge is 0.506 e. The molecule has 3 N–H and O–H groups in total. The molecule has 0 spiro atoms. The van der Waals surface area contributed by atoms with Gasteiger partial charge in [-0.15, -0.1) is 0 Å². The summed E-state index contributed by atoms with van der Waals surface area (Å²) in [5, 5.41) is 41.1. The highest BCUT2D eigenvalue weighted by Crippen LogP contribution is 2.41. The van der Waals surface area contributed by atoms with Crippen molar-refractivity contribution in [3.63, 3.8) is 0 Å². The molecule has 4 rings (SSSR count). The summed E-state index contributed by atoms with van der Waals surface area (Å²) in [6.45, 7) is 5.62. The fraction of sp³-hybridized carbons (Fsp3) is 0.345. The highest BCUT2D eigenvalue weighted by Gasteiger charge is 2.37. The number of nitriles is 1. The number of phenols is 1. The van der Waals surface area contributed by atoms with Gasteiger partial charge in [0.15, 0.2) is 0 Å². The number of piperazine rings is 1. The number of β-amino-alcohol motifs (C(OH)–C–C–N with tert-alkyl or cyclic N) is 1. The Labute approximate surface area is 222 Å². The number of rotatable bonds is 8. The second kappa shape index (κ2) is 11.4. The van der Waals surface area contributed by atoms with Gasteiger partial charge in [0.05, 0.1) is 35.6 Å². The molecule has 0 aromatic heterocycles. The van der Waals surface area contributed by atoms with Crippen LogP contribution in [0.1, 0.15) is 36.6 Å². The fourth-order valence-corrected chi connectivity index (χ4v) is 5.19. The van der Waals surface area contributed by atoms with E-state index in [0.29, 0.717) is 41.7 Å². The van der Waals surface area contributed by atoms with Gasteiger partial charge in [-0.1, -0.05) is 35.9 Å². The molecule has 0 bridgehead atoms. The van der Waals surface area contributed by atoms with Crippen molar-refractivity contribution in [3.05, 3.63) is 88.4 Å². The topological polar surface area (TPSA) is 100 Å².